The summed E-state index contributed by atoms with van der Waals surface area (Å²) >= 11 is 1.72. The van der Waals surface area contributed by atoms with Gasteiger partial charge in [0.05, 0.1) is 10.2 Å². The van der Waals surface area contributed by atoms with Gasteiger partial charge in [0.1, 0.15) is 12.1 Å². The number of anilines is 1. The van der Waals surface area contributed by atoms with Crippen molar-refractivity contribution < 1.29 is 5.11 Å². The normalized spacial score (nSPS) is 16.7. The van der Waals surface area contributed by atoms with Crippen molar-refractivity contribution in [3.05, 3.63) is 79.2 Å². The van der Waals surface area contributed by atoms with E-state index in [1.54, 1.807) is 23.7 Å². The molecule has 6 nitrogen and oxygen atoms in total. The standard InChI is InChI=1S/C25H29N5S.CH4O/c1-4-6-19(5-2)15-27-25-24-22(28-17-29-25)13-23(31-24)21-9-7-20(8-10-21)16-30-12-11-26-14-18(30)3;1-2/h4-10,13,17-18,26H,1-2,11-12,14-16H2,3H3,(H,27,28,29);2H,1H3/b19-6+;. The van der Waals surface area contributed by atoms with Crippen LogP contribution in [0.25, 0.3) is 20.7 Å². The number of nitrogens with one attached hydrogen (secondary N) is 2. The molecule has 3 heterocycles. The second-order valence-electron chi connectivity index (χ2n) is 7.80. The van der Waals surface area contributed by atoms with E-state index in [9.17, 15) is 0 Å². The fraction of sp³-hybridized carbons (Fsp3) is 0.308. The molecule has 1 aliphatic heterocycles. The molecule has 1 saturated heterocycles. The molecule has 0 spiro atoms. The highest BCUT2D eigenvalue weighted by Crippen LogP contribution is 2.35. The average molecular weight is 464 g/mol. The minimum absolute atomic E-state index is 0.573. The van der Waals surface area contributed by atoms with E-state index < -0.39 is 0 Å². The number of hydrogen-bond donors (Lipinski definition) is 3. The zero-order valence-corrected chi connectivity index (χ0v) is 20.2. The van der Waals surface area contributed by atoms with Gasteiger partial charge in [0, 0.05) is 50.8 Å². The number of aliphatic hydroxyl groups excluding tert-OH is 1. The Hall–Kier alpha value is -2.84. The molecule has 0 amide bonds. The fourth-order valence-corrected chi connectivity index (χ4v) is 4.87. The molecule has 174 valence electrons. The van der Waals surface area contributed by atoms with Crippen LogP contribution in [-0.4, -0.2) is 59.3 Å². The van der Waals surface area contributed by atoms with Crippen molar-refractivity contribution in [2.75, 3.05) is 38.6 Å². The molecule has 1 aromatic carbocycles. The number of benzene rings is 1. The molecular weight excluding hydrogens is 430 g/mol. The van der Waals surface area contributed by atoms with Crippen molar-refractivity contribution >= 4 is 27.4 Å². The van der Waals surface area contributed by atoms with Crippen molar-refractivity contribution in [1.29, 1.82) is 0 Å². The molecule has 33 heavy (non-hydrogen) atoms. The fourth-order valence-electron chi connectivity index (χ4n) is 3.79. The summed E-state index contributed by atoms with van der Waals surface area (Å²) in [6, 6.07) is 11.6. The summed E-state index contributed by atoms with van der Waals surface area (Å²) in [4.78, 5) is 12.7. The first-order valence-electron chi connectivity index (χ1n) is 11.1. The summed E-state index contributed by atoms with van der Waals surface area (Å²) in [5.74, 6) is 0.849. The zero-order valence-electron chi connectivity index (χ0n) is 19.4. The Balaban J connectivity index is 0.00000149. The molecule has 4 rings (SSSR count). The summed E-state index contributed by atoms with van der Waals surface area (Å²) in [5, 5.41) is 13.9. The van der Waals surface area contributed by atoms with Gasteiger partial charge in [-0.1, -0.05) is 55.7 Å². The number of aliphatic hydroxyl groups is 1. The number of fused-ring (bicyclic) bond motifs is 1. The SMILES string of the molecule is C=C/C=C(\C=C)CNc1ncnc2cc(-c3ccc(CN4CCNCC4C)cc3)sc12.CO. The predicted molar refractivity (Wildman–Crippen MR) is 141 cm³/mol. The third-order valence-corrected chi connectivity index (χ3v) is 6.81. The van der Waals surface area contributed by atoms with Crippen LogP contribution in [0.15, 0.2) is 73.6 Å². The van der Waals surface area contributed by atoms with Crippen LogP contribution in [0.1, 0.15) is 12.5 Å². The number of allylic oxidation sites excluding steroid dienone is 2. The molecule has 3 aromatic rings. The third kappa shape index (κ3) is 6.36. The van der Waals surface area contributed by atoms with Crippen LogP contribution in [0.2, 0.25) is 0 Å². The largest absolute Gasteiger partial charge is 0.400 e. The summed E-state index contributed by atoms with van der Waals surface area (Å²) in [6.45, 7) is 14.8. The second-order valence-corrected chi connectivity index (χ2v) is 8.85. The van der Waals surface area contributed by atoms with Crippen LogP contribution < -0.4 is 10.6 Å². The molecule has 1 atom stereocenters. The second kappa shape index (κ2) is 12.4. The van der Waals surface area contributed by atoms with Crippen molar-refractivity contribution in [2.24, 2.45) is 0 Å². The van der Waals surface area contributed by atoms with Crippen molar-refractivity contribution in [3.63, 3.8) is 0 Å². The topological polar surface area (TPSA) is 73.3 Å². The van der Waals surface area contributed by atoms with Crippen LogP contribution >= 0.6 is 11.3 Å². The van der Waals surface area contributed by atoms with E-state index in [2.05, 4.69) is 75.9 Å². The Labute approximate surface area is 200 Å². The number of rotatable bonds is 8. The Morgan fingerprint density at radius 1 is 1.27 bits per heavy atom. The minimum atomic E-state index is 0.573. The molecule has 2 aromatic heterocycles. The van der Waals surface area contributed by atoms with E-state index in [0.29, 0.717) is 12.6 Å². The van der Waals surface area contributed by atoms with Gasteiger partial charge < -0.3 is 15.7 Å². The summed E-state index contributed by atoms with van der Waals surface area (Å²) < 4.78 is 1.07. The first-order chi connectivity index (χ1) is 16.2. The first-order valence-corrected chi connectivity index (χ1v) is 11.9. The van der Waals surface area contributed by atoms with Crippen LogP contribution in [-0.2, 0) is 6.54 Å². The maximum absolute atomic E-state index is 7.00. The molecule has 0 aliphatic carbocycles. The van der Waals surface area contributed by atoms with Gasteiger partial charge in [0.25, 0.3) is 0 Å². The molecule has 1 unspecified atom stereocenters. The van der Waals surface area contributed by atoms with E-state index in [-0.39, 0.29) is 0 Å². The maximum atomic E-state index is 7.00. The van der Waals surface area contributed by atoms with Gasteiger partial charge in [-0.05, 0) is 29.7 Å². The average Bonchev–Trinajstić information content (AvgIpc) is 3.30. The molecule has 3 N–H and O–H groups in total. The predicted octanol–water partition coefficient (Wildman–Crippen LogP) is 4.47. The lowest BCUT2D eigenvalue weighted by Crippen LogP contribution is -2.49. The quantitative estimate of drug-likeness (QED) is 0.428. The van der Waals surface area contributed by atoms with E-state index in [0.717, 1.165) is 54.9 Å². The molecule has 1 fully saturated rings. The smallest absolute Gasteiger partial charge is 0.147 e. The lowest BCUT2D eigenvalue weighted by Gasteiger charge is -2.33. The Bertz CT molecular complexity index is 1090. The number of thiophene rings is 1. The molecule has 7 heteroatoms. The minimum Gasteiger partial charge on any atom is -0.400 e. The molecular formula is C26H33N5OS. The Morgan fingerprint density at radius 2 is 2.06 bits per heavy atom. The third-order valence-electron chi connectivity index (χ3n) is 5.63. The van der Waals surface area contributed by atoms with Gasteiger partial charge in [-0.2, -0.15) is 0 Å². The van der Waals surface area contributed by atoms with Gasteiger partial charge in [0.15, 0.2) is 0 Å². The molecule has 1 aliphatic rings. The number of hydrogen-bond acceptors (Lipinski definition) is 7. The highest BCUT2D eigenvalue weighted by Gasteiger charge is 2.18. The highest BCUT2D eigenvalue weighted by molar-refractivity contribution is 7.22. The van der Waals surface area contributed by atoms with Crippen LogP contribution in [0.3, 0.4) is 0 Å². The number of piperazine rings is 1. The van der Waals surface area contributed by atoms with Gasteiger partial charge in [0.2, 0.25) is 0 Å². The van der Waals surface area contributed by atoms with Crippen LogP contribution in [0, 0.1) is 0 Å². The van der Waals surface area contributed by atoms with Gasteiger partial charge >= 0.3 is 0 Å². The lowest BCUT2D eigenvalue weighted by atomic mass is 10.1. The van der Waals surface area contributed by atoms with Gasteiger partial charge in [-0.25, -0.2) is 9.97 Å². The summed E-state index contributed by atoms with van der Waals surface area (Å²) in [6.07, 6.45) is 7.16. The van der Waals surface area contributed by atoms with E-state index in [1.165, 1.54) is 16.0 Å². The monoisotopic (exact) mass is 463 g/mol. The van der Waals surface area contributed by atoms with Crippen molar-refractivity contribution in [1.82, 2.24) is 20.2 Å². The first kappa shape index (κ1) is 24.8. The number of nitrogens with zero attached hydrogens (tertiary/aromatic N) is 3. The number of aromatic nitrogens is 2. The van der Waals surface area contributed by atoms with E-state index in [4.69, 9.17) is 5.11 Å². The molecule has 0 radical (unpaired) electrons. The Morgan fingerprint density at radius 3 is 2.76 bits per heavy atom. The Kier molecular flexibility index (Phi) is 9.33. The molecule has 0 bridgehead atoms. The maximum Gasteiger partial charge on any atom is 0.147 e. The summed E-state index contributed by atoms with van der Waals surface area (Å²) in [5.41, 5.74) is 4.59. The van der Waals surface area contributed by atoms with Crippen LogP contribution in [0.5, 0.6) is 0 Å². The lowest BCUT2D eigenvalue weighted by molar-refractivity contribution is 0.165. The van der Waals surface area contributed by atoms with Crippen molar-refractivity contribution in [3.8, 4) is 10.4 Å². The zero-order chi connectivity index (χ0) is 23.6. The van der Waals surface area contributed by atoms with Gasteiger partial charge in [-0.15, -0.1) is 11.3 Å². The molecule has 0 saturated carbocycles. The highest BCUT2D eigenvalue weighted by atomic mass is 32.1. The van der Waals surface area contributed by atoms with E-state index in [1.807, 2.05) is 12.2 Å². The summed E-state index contributed by atoms with van der Waals surface area (Å²) in [7, 11) is 1.00. The van der Waals surface area contributed by atoms with Crippen molar-refractivity contribution in [2.45, 2.75) is 19.5 Å². The van der Waals surface area contributed by atoms with E-state index >= 15 is 0 Å². The van der Waals surface area contributed by atoms with Crippen LogP contribution in [0.4, 0.5) is 5.82 Å². The van der Waals surface area contributed by atoms with Gasteiger partial charge in [-0.3, -0.25) is 4.90 Å².